The van der Waals surface area contributed by atoms with Crippen LogP contribution in [-0.4, -0.2) is 70.4 Å². The molecule has 3 aliphatic heterocycles. The molecule has 0 saturated carbocycles. The number of carbonyl (C=O) groups is 2. The van der Waals surface area contributed by atoms with Gasteiger partial charge >= 0.3 is 6.03 Å². The van der Waals surface area contributed by atoms with E-state index in [1.807, 2.05) is 84.8 Å². The van der Waals surface area contributed by atoms with E-state index in [9.17, 15) is 9.59 Å². The molecule has 0 radical (unpaired) electrons. The fourth-order valence-electron chi connectivity index (χ4n) is 4.54. The third-order valence-electron chi connectivity index (χ3n) is 6.40. The second-order valence-electron chi connectivity index (χ2n) is 8.55. The zero-order chi connectivity index (χ0) is 23.8. The Balaban J connectivity index is 1.35. The summed E-state index contributed by atoms with van der Waals surface area (Å²) in [5.41, 5.74) is 3.11. The number of ether oxygens (including phenoxy) is 1. The van der Waals surface area contributed by atoms with Crippen molar-refractivity contribution in [1.82, 2.24) is 19.6 Å². The van der Waals surface area contributed by atoms with E-state index in [-0.39, 0.29) is 18.5 Å². The monoisotopic (exact) mass is 457 g/mol. The van der Waals surface area contributed by atoms with Crippen molar-refractivity contribution in [2.24, 2.45) is 4.99 Å². The Labute approximate surface area is 199 Å². The number of aliphatic imine (C=N–C) groups is 1. The van der Waals surface area contributed by atoms with Gasteiger partial charge in [0.2, 0.25) is 5.96 Å². The van der Waals surface area contributed by atoms with E-state index in [4.69, 9.17) is 9.73 Å². The Morgan fingerprint density at radius 3 is 2.47 bits per heavy atom. The number of guanidine groups is 1. The average Bonchev–Trinajstić information content (AvgIpc) is 3.36. The van der Waals surface area contributed by atoms with Crippen molar-refractivity contribution in [1.29, 1.82) is 0 Å². The summed E-state index contributed by atoms with van der Waals surface area (Å²) in [6.07, 6.45) is 5.16. The molecule has 3 heterocycles. The number of rotatable bonds is 6. The molecule has 0 aliphatic carbocycles. The lowest BCUT2D eigenvalue weighted by Gasteiger charge is -2.39. The average molecular weight is 458 g/mol. The van der Waals surface area contributed by atoms with Crippen molar-refractivity contribution in [3.8, 4) is 5.75 Å². The summed E-state index contributed by atoms with van der Waals surface area (Å²) >= 11 is 0. The van der Waals surface area contributed by atoms with Gasteiger partial charge in [-0.2, -0.15) is 0 Å². The van der Waals surface area contributed by atoms with Crippen LogP contribution in [0.1, 0.15) is 18.1 Å². The number of hydrogen-bond donors (Lipinski definition) is 0. The Hall–Kier alpha value is -4.07. The first-order chi connectivity index (χ1) is 16.5. The van der Waals surface area contributed by atoms with Crippen molar-refractivity contribution in [3.05, 3.63) is 83.7 Å². The number of carbonyl (C=O) groups excluding carboxylic acids is 2. The lowest BCUT2D eigenvalue weighted by atomic mass is 10.1. The topological polar surface area (TPSA) is 68.7 Å². The van der Waals surface area contributed by atoms with Crippen LogP contribution in [0.4, 0.5) is 4.79 Å². The SMILES string of the molecule is COc1ccc(CN2C(C)=CN3C2=NC2C3C(=O)N(C/C=C/c3ccccc3)C(=O)N2C)cc1. The van der Waals surface area contributed by atoms with E-state index >= 15 is 0 Å². The number of imide groups is 1. The van der Waals surface area contributed by atoms with Gasteiger partial charge in [-0.05, 0) is 30.2 Å². The maximum Gasteiger partial charge on any atom is 0.328 e. The molecule has 5 rings (SSSR count). The van der Waals surface area contributed by atoms with Crippen LogP contribution in [0.3, 0.4) is 0 Å². The number of allylic oxidation sites excluding steroid dienone is 1. The Kier molecular flexibility index (Phi) is 5.57. The standard InChI is InChI=1S/C26H27N5O3/c1-18-16-31-22-23(27-25(31)30(18)17-20-11-13-21(34-3)14-12-20)28(2)26(33)29(24(22)32)15-7-10-19-8-5-4-6-9-19/h4-14,16,22-23H,15,17H2,1-3H3/b10-7+. The zero-order valence-corrected chi connectivity index (χ0v) is 19.5. The van der Waals surface area contributed by atoms with E-state index < -0.39 is 12.2 Å². The van der Waals surface area contributed by atoms with Crippen LogP contribution in [0.25, 0.3) is 6.08 Å². The molecule has 3 amide bonds. The highest BCUT2D eigenvalue weighted by molar-refractivity contribution is 6.05. The first kappa shape index (κ1) is 21.8. The summed E-state index contributed by atoms with van der Waals surface area (Å²) in [7, 11) is 3.35. The number of urea groups is 1. The smallest absolute Gasteiger partial charge is 0.328 e. The molecule has 3 aliphatic rings. The number of fused-ring (bicyclic) bond motifs is 3. The Morgan fingerprint density at radius 2 is 1.76 bits per heavy atom. The van der Waals surface area contributed by atoms with E-state index in [0.29, 0.717) is 12.5 Å². The fraction of sp³-hybridized carbons (Fsp3) is 0.269. The first-order valence-electron chi connectivity index (χ1n) is 11.2. The van der Waals surface area contributed by atoms with Gasteiger partial charge in [0, 0.05) is 25.5 Å². The van der Waals surface area contributed by atoms with Gasteiger partial charge in [-0.1, -0.05) is 54.6 Å². The van der Waals surface area contributed by atoms with Crippen LogP contribution in [0.15, 0.2) is 77.6 Å². The van der Waals surface area contributed by atoms with Gasteiger partial charge in [-0.25, -0.2) is 9.79 Å². The van der Waals surface area contributed by atoms with Gasteiger partial charge in [0.05, 0.1) is 13.7 Å². The minimum absolute atomic E-state index is 0.210. The van der Waals surface area contributed by atoms with Gasteiger partial charge in [0.25, 0.3) is 5.91 Å². The maximum atomic E-state index is 13.5. The van der Waals surface area contributed by atoms with E-state index in [1.165, 1.54) is 4.90 Å². The highest BCUT2D eigenvalue weighted by atomic mass is 16.5. The molecular formula is C26H27N5O3. The lowest BCUT2D eigenvalue weighted by molar-refractivity contribution is -0.136. The number of methoxy groups -OCH3 is 1. The fourth-order valence-corrected chi connectivity index (χ4v) is 4.54. The van der Waals surface area contributed by atoms with Crippen LogP contribution in [0, 0.1) is 0 Å². The largest absolute Gasteiger partial charge is 0.497 e. The first-order valence-corrected chi connectivity index (χ1v) is 11.2. The molecule has 8 nitrogen and oxygen atoms in total. The number of benzene rings is 2. The number of amides is 3. The zero-order valence-electron chi connectivity index (χ0n) is 19.5. The van der Waals surface area contributed by atoms with Crippen LogP contribution in [0.2, 0.25) is 0 Å². The van der Waals surface area contributed by atoms with E-state index in [1.54, 1.807) is 19.1 Å². The highest BCUT2D eigenvalue weighted by Crippen LogP contribution is 2.34. The summed E-state index contributed by atoms with van der Waals surface area (Å²) in [5, 5.41) is 0. The van der Waals surface area contributed by atoms with Crippen molar-refractivity contribution in [2.45, 2.75) is 25.7 Å². The summed E-state index contributed by atoms with van der Waals surface area (Å²) in [5.74, 6) is 1.26. The highest BCUT2D eigenvalue weighted by Gasteiger charge is 2.53. The van der Waals surface area contributed by atoms with E-state index in [0.717, 1.165) is 22.6 Å². The van der Waals surface area contributed by atoms with Crippen LogP contribution >= 0.6 is 0 Å². The summed E-state index contributed by atoms with van der Waals surface area (Å²) < 4.78 is 5.25. The molecule has 0 aromatic heterocycles. The molecule has 2 unspecified atom stereocenters. The normalized spacial score (nSPS) is 21.7. The van der Waals surface area contributed by atoms with Crippen LogP contribution < -0.4 is 4.74 Å². The molecule has 174 valence electrons. The second kappa shape index (κ2) is 8.70. The molecular weight excluding hydrogens is 430 g/mol. The molecule has 0 spiro atoms. The third kappa shape index (κ3) is 3.71. The van der Waals surface area contributed by atoms with Gasteiger partial charge in [-0.3, -0.25) is 9.69 Å². The second-order valence-corrected chi connectivity index (χ2v) is 8.55. The van der Waals surface area contributed by atoms with Crippen molar-refractivity contribution in [3.63, 3.8) is 0 Å². The Morgan fingerprint density at radius 1 is 1.03 bits per heavy atom. The maximum absolute atomic E-state index is 13.5. The van der Waals surface area contributed by atoms with Crippen molar-refractivity contribution < 1.29 is 14.3 Å². The number of hydrogen-bond acceptors (Lipinski definition) is 6. The predicted octanol–water partition coefficient (Wildman–Crippen LogP) is 3.35. The predicted molar refractivity (Wildman–Crippen MR) is 129 cm³/mol. The van der Waals surface area contributed by atoms with Crippen molar-refractivity contribution in [2.75, 3.05) is 20.7 Å². The minimum Gasteiger partial charge on any atom is -0.497 e. The third-order valence-corrected chi connectivity index (χ3v) is 6.40. The quantitative estimate of drug-likeness (QED) is 0.666. The molecule has 8 heteroatoms. The van der Waals surface area contributed by atoms with E-state index in [2.05, 4.69) is 4.90 Å². The molecule has 1 saturated heterocycles. The van der Waals surface area contributed by atoms with Crippen LogP contribution in [-0.2, 0) is 11.3 Å². The summed E-state index contributed by atoms with van der Waals surface area (Å²) in [4.78, 5) is 38.1. The van der Waals surface area contributed by atoms with Gasteiger partial charge in [0.1, 0.15) is 5.75 Å². The number of nitrogens with zero attached hydrogens (tertiary/aromatic N) is 5. The Bertz CT molecular complexity index is 1190. The molecule has 0 N–H and O–H groups in total. The molecule has 2 aromatic rings. The van der Waals surface area contributed by atoms with Crippen LogP contribution in [0.5, 0.6) is 5.75 Å². The molecule has 34 heavy (non-hydrogen) atoms. The van der Waals surface area contributed by atoms with Gasteiger partial charge in [-0.15, -0.1) is 0 Å². The minimum atomic E-state index is -0.571. The number of likely N-dealkylation sites (N-methyl/N-ethyl adjacent to an activating group) is 1. The molecule has 0 bridgehead atoms. The molecule has 2 aromatic carbocycles. The van der Waals surface area contributed by atoms with Gasteiger partial charge in [0.15, 0.2) is 12.2 Å². The summed E-state index contributed by atoms with van der Waals surface area (Å²) in [6.45, 7) is 2.82. The van der Waals surface area contributed by atoms with Gasteiger partial charge < -0.3 is 19.4 Å². The lowest BCUT2D eigenvalue weighted by Crippen LogP contribution is -2.64. The van der Waals surface area contributed by atoms with Crippen molar-refractivity contribution >= 4 is 24.0 Å². The molecule has 1 fully saturated rings. The summed E-state index contributed by atoms with van der Waals surface area (Å²) in [6, 6.07) is 16.8. The molecule has 2 atom stereocenters.